The lowest BCUT2D eigenvalue weighted by Crippen LogP contribution is -2.55. The second kappa shape index (κ2) is 20.3. The second-order valence-electron chi connectivity index (χ2n) is 14.3. The van der Waals surface area contributed by atoms with E-state index in [-0.39, 0.29) is 36.3 Å². The van der Waals surface area contributed by atoms with Crippen LogP contribution in [-0.4, -0.2) is 103 Å². The summed E-state index contributed by atoms with van der Waals surface area (Å²) in [5.74, 6) is 0.160. The van der Waals surface area contributed by atoms with Gasteiger partial charge >= 0.3 is 11.5 Å². The van der Waals surface area contributed by atoms with Crippen LogP contribution in [0.2, 0.25) is 20.1 Å². The number of anilines is 2. The molecule has 0 saturated carbocycles. The Morgan fingerprint density at radius 3 is 1.74 bits per heavy atom. The van der Waals surface area contributed by atoms with Gasteiger partial charge in [0.25, 0.3) is 0 Å². The van der Waals surface area contributed by atoms with Gasteiger partial charge in [-0.25, -0.2) is 9.59 Å². The van der Waals surface area contributed by atoms with Crippen LogP contribution in [0, 0.1) is 0 Å². The number of ether oxygens (including phenoxy) is 2. The second-order valence-corrected chi connectivity index (χ2v) is 16.2. The monoisotopic (exact) mass is 934 g/mol. The van der Waals surface area contributed by atoms with Crippen molar-refractivity contribution in [1.29, 1.82) is 0 Å². The number of carbonyl (C=O) groups excluding carboxylic acids is 2. The number of rotatable bonds is 7. The van der Waals surface area contributed by atoms with Crippen molar-refractivity contribution in [2.75, 3.05) is 69.2 Å². The van der Waals surface area contributed by atoms with E-state index in [1.165, 1.54) is 4.57 Å². The molecule has 4 aromatic carbocycles. The summed E-state index contributed by atoms with van der Waals surface area (Å²) in [4.78, 5) is 58.1. The van der Waals surface area contributed by atoms with Gasteiger partial charge in [0.15, 0.2) is 11.2 Å². The molecule has 2 aliphatic heterocycles. The molecule has 2 fully saturated rings. The van der Waals surface area contributed by atoms with E-state index >= 15 is 0 Å². The van der Waals surface area contributed by atoms with Crippen molar-refractivity contribution in [1.82, 2.24) is 19.4 Å². The Kier molecular flexibility index (Phi) is 15.1. The average molecular weight is 937 g/mol. The first kappa shape index (κ1) is 45.5. The number of hydrogen-bond donors (Lipinski definition) is 1. The van der Waals surface area contributed by atoms with Crippen molar-refractivity contribution in [2.24, 2.45) is 0 Å². The first-order chi connectivity index (χ1) is 29.2. The maximum Gasteiger partial charge on any atom is 0.420 e. The molecule has 2 atom stereocenters. The molecule has 324 valence electrons. The largest absolute Gasteiger partial charge is 0.495 e. The van der Waals surface area contributed by atoms with Crippen molar-refractivity contribution in [2.45, 2.75) is 32.5 Å². The summed E-state index contributed by atoms with van der Waals surface area (Å²) < 4.78 is 21.9. The van der Waals surface area contributed by atoms with Crippen LogP contribution in [-0.2, 0) is 16.1 Å². The molecule has 19 heteroatoms. The Labute approximate surface area is 375 Å². The lowest BCUT2D eigenvalue weighted by atomic mass is 10.1. The van der Waals surface area contributed by atoms with Crippen molar-refractivity contribution in [3.05, 3.63) is 114 Å². The third kappa shape index (κ3) is 10.9. The summed E-state index contributed by atoms with van der Waals surface area (Å²) >= 11 is 29.4. The number of fused-ring (bicyclic) bond motifs is 2. The zero-order valence-corrected chi connectivity index (χ0v) is 37.4. The van der Waals surface area contributed by atoms with E-state index in [9.17, 15) is 19.2 Å². The summed E-state index contributed by atoms with van der Waals surface area (Å²) in [6, 6.07) is 21.4. The molecule has 2 amide bonds. The molecule has 61 heavy (non-hydrogen) atoms. The number of nitrogens with zero attached hydrogens (tertiary/aromatic N) is 5. The van der Waals surface area contributed by atoms with Crippen LogP contribution in [0.4, 0.5) is 11.4 Å². The molecule has 0 bridgehead atoms. The molecule has 4 heterocycles. The molecule has 2 saturated heterocycles. The van der Waals surface area contributed by atoms with Crippen LogP contribution in [0.5, 0.6) is 11.5 Å². The molecular weight excluding hydrogens is 894 g/mol. The van der Waals surface area contributed by atoms with Gasteiger partial charge in [-0.3, -0.25) is 19.1 Å². The molecule has 1 N–H and O–H groups in total. The quantitative estimate of drug-likeness (QED) is 0.156. The van der Waals surface area contributed by atoms with Crippen molar-refractivity contribution >= 4 is 103 Å². The number of aromatic amines is 1. The van der Waals surface area contributed by atoms with Gasteiger partial charge in [-0.15, -0.1) is 11.6 Å². The number of alkyl halides is 1. The minimum Gasteiger partial charge on any atom is -0.495 e. The van der Waals surface area contributed by atoms with Gasteiger partial charge in [-0.2, -0.15) is 0 Å². The van der Waals surface area contributed by atoms with E-state index < -0.39 is 11.5 Å². The molecule has 2 aromatic heterocycles. The van der Waals surface area contributed by atoms with Crippen LogP contribution in [0.1, 0.15) is 13.8 Å². The highest BCUT2D eigenvalue weighted by atomic mass is 35.5. The van der Waals surface area contributed by atoms with Crippen molar-refractivity contribution < 1.29 is 27.9 Å². The lowest BCUT2D eigenvalue weighted by Gasteiger charge is -2.41. The highest BCUT2D eigenvalue weighted by molar-refractivity contribution is 6.32. The first-order valence-corrected chi connectivity index (χ1v) is 21.1. The Hall–Kier alpha value is -4.99. The minimum absolute atomic E-state index is 0.00694. The molecule has 2 aliphatic rings. The normalized spacial score (nSPS) is 16.5. The van der Waals surface area contributed by atoms with Gasteiger partial charge in [0.2, 0.25) is 11.8 Å². The molecule has 0 aliphatic carbocycles. The smallest absolute Gasteiger partial charge is 0.420 e. The number of H-pyrrole nitrogens is 1. The predicted octanol–water partition coefficient (Wildman–Crippen LogP) is 8.05. The third-order valence-corrected chi connectivity index (χ3v) is 11.6. The van der Waals surface area contributed by atoms with E-state index in [1.54, 1.807) is 61.6 Å². The number of methoxy groups -OCH3 is 2. The van der Waals surface area contributed by atoms with Crippen LogP contribution in [0.25, 0.3) is 22.2 Å². The van der Waals surface area contributed by atoms with Gasteiger partial charge < -0.3 is 37.9 Å². The summed E-state index contributed by atoms with van der Waals surface area (Å²) in [5.41, 5.74) is 4.12. The molecule has 0 spiro atoms. The Bertz CT molecular complexity index is 2630. The number of amides is 2. The molecule has 0 radical (unpaired) electrons. The summed E-state index contributed by atoms with van der Waals surface area (Å²) in [6.45, 7) is 8.04. The van der Waals surface area contributed by atoms with Crippen LogP contribution in [0.15, 0.2) is 91.2 Å². The number of benzene rings is 4. The zero-order chi connectivity index (χ0) is 44.0. The van der Waals surface area contributed by atoms with Gasteiger partial charge in [-0.1, -0.05) is 46.4 Å². The highest BCUT2D eigenvalue weighted by Crippen LogP contribution is 2.32. The van der Waals surface area contributed by atoms with Crippen LogP contribution in [0.3, 0.4) is 0 Å². The molecule has 8 rings (SSSR count). The van der Waals surface area contributed by atoms with Crippen LogP contribution < -0.4 is 30.8 Å². The molecule has 0 unspecified atom stereocenters. The number of aromatic nitrogens is 2. The lowest BCUT2D eigenvalue weighted by molar-refractivity contribution is -0.134. The topological polar surface area (TPSA) is 147 Å². The number of halogens is 5. The number of hydrogen-bond acceptors (Lipinski definition) is 10. The maximum atomic E-state index is 13.0. The molecular formula is C42H43Cl5N6O8. The van der Waals surface area contributed by atoms with E-state index in [1.807, 2.05) is 49.1 Å². The first-order valence-electron chi connectivity index (χ1n) is 19.1. The fourth-order valence-corrected chi connectivity index (χ4v) is 8.09. The summed E-state index contributed by atoms with van der Waals surface area (Å²) in [5, 5.41) is 2.18. The Morgan fingerprint density at radius 1 is 0.689 bits per heavy atom. The standard InChI is InChI=1S/C21H21Cl2N3O4.C14H18Cl2N2O2.C7H4ClNO2/c1-13-11-24(15-4-5-16(23)18(10-15)29-2)7-8-25(13)20(27)12-26-17-6-3-14(22)9-19(17)30-21(26)28;1-10-9-17(5-6-18(10)14(19)8-15)11-3-4-12(16)13(7-11)20-2;8-4-1-2-5-6(3-4)11-7(10)9-5/h3-6,9-10,13H,7-8,11-12H2,1-2H3;3-4,7,10H,5-6,8-9H2,1-2H3;1-3H,(H,9,10)/t13-;10-;/m00./s1. The zero-order valence-electron chi connectivity index (χ0n) is 33.6. The third-order valence-electron chi connectivity index (χ3n) is 10.3. The summed E-state index contributed by atoms with van der Waals surface area (Å²) in [7, 11) is 3.18. The fourth-order valence-electron chi connectivity index (χ4n) is 7.23. The van der Waals surface area contributed by atoms with E-state index in [4.69, 9.17) is 76.3 Å². The molecule has 14 nitrogen and oxygen atoms in total. The predicted molar refractivity (Wildman–Crippen MR) is 241 cm³/mol. The Morgan fingerprint density at radius 2 is 1.21 bits per heavy atom. The highest BCUT2D eigenvalue weighted by Gasteiger charge is 2.30. The average Bonchev–Trinajstić information content (AvgIpc) is 3.77. The number of carbonyl (C=O) groups is 2. The van der Waals surface area contributed by atoms with E-state index in [0.717, 1.165) is 24.5 Å². The van der Waals surface area contributed by atoms with Gasteiger partial charge in [0, 0.05) is 97.0 Å². The van der Waals surface area contributed by atoms with E-state index in [2.05, 4.69) is 14.8 Å². The fraction of sp³-hybridized carbons (Fsp3) is 0.333. The number of nitrogens with one attached hydrogen (secondary N) is 1. The number of piperazine rings is 2. The van der Waals surface area contributed by atoms with Gasteiger partial charge in [0.1, 0.15) is 23.9 Å². The summed E-state index contributed by atoms with van der Waals surface area (Å²) in [6.07, 6.45) is 0. The Balaban J connectivity index is 0.000000171. The minimum atomic E-state index is -0.569. The molecule has 6 aromatic rings. The van der Waals surface area contributed by atoms with E-state index in [0.29, 0.717) is 80.0 Å². The van der Waals surface area contributed by atoms with Gasteiger partial charge in [0.05, 0.1) is 35.3 Å². The van der Waals surface area contributed by atoms with Gasteiger partial charge in [-0.05, 0) is 62.4 Å². The SMILES string of the molecule is COc1cc(N2CCN(C(=O)CCl)[C@@H](C)C2)ccc1Cl.COc1cc(N2CCN(C(=O)Cn3c(=O)oc4cc(Cl)ccc43)[C@@H](C)C2)ccc1Cl.O=c1[nH]c2ccc(Cl)cc2o1. The number of oxazole rings is 2. The van der Waals surface area contributed by atoms with Crippen molar-refractivity contribution in [3.63, 3.8) is 0 Å². The van der Waals surface area contributed by atoms with Crippen molar-refractivity contribution in [3.8, 4) is 11.5 Å². The maximum absolute atomic E-state index is 13.0. The van der Waals surface area contributed by atoms with Crippen LogP contribution >= 0.6 is 58.0 Å².